The molecule has 1 N–H and O–H groups in total. The second-order valence-electron chi connectivity index (χ2n) is 5.40. The molecule has 7 nitrogen and oxygen atoms in total. The number of nitrogens with zero attached hydrogens (tertiary/aromatic N) is 5. The average molecular weight is 310 g/mol. The van der Waals surface area contributed by atoms with E-state index in [-0.39, 0.29) is 0 Å². The van der Waals surface area contributed by atoms with Crippen molar-refractivity contribution in [2.45, 2.75) is 0 Å². The molecule has 0 saturated carbocycles. The van der Waals surface area contributed by atoms with Gasteiger partial charge in [0, 0.05) is 32.4 Å². The van der Waals surface area contributed by atoms with E-state index >= 15 is 0 Å². The Morgan fingerprint density at radius 2 is 2.00 bits per heavy atom. The van der Waals surface area contributed by atoms with Crippen LogP contribution in [0, 0.1) is 0 Å². The van der Waals surface area contributed by atoms with Gasteiger partial charge in [-0.3, -0.25) is 0 Å². The third-order valence-corrected chi connectivity index (χ3v) is 4.03. The first-order valence-corrected chi connectivity index (χ1v) is 7.66. The Kier molecular flexibility index (Phi) is 3.55. The summed E-state index contributed by atoms with van der Waals surface area (Å²) >= 11 is 0. The number of hydrogen-bond donors (Lipinski definition) is 1. The van der Waals surface area contributed by atoms with Crippen molar-refractivity contribution in [3.05, 3.63) is 36.7 Å². The van der Waals surface area contributed by atoms with Crippen LogP contribution in [0.3, 0.4) is 0 Å². The molecule has 0 bridgehead atoms. The number of pyridine rings is 1. The van der Waals surface area contributed by atoms with Crippen LogP contribution in [0.15, 0.2) is 36.7 Å². The van der Waals surface area contributed by atoms with Gasteiger partial charge in [0.2, 0.25) is 5.88 Å². The molecule has 0 radical (unpaired) electrons. The van der Waals surface area contributed by atoms with E-state index in [1.807, 2.05) is 35.0 Å². The maximum atomic E-state index is 5.37. The van der Waals surface area contributed by atoms with Crippen LogP contribution in [0.1, 0.15) is 0 Å². The minimum atomic E-state index is 0.573. The van der Waals surface area contributed by atoms with E-state index in [2.05, 4.69) is 20.2 Å². The van der Waals surface area contributed by atoms with Crippen molar-refractivity contribution in [2.75, 3.05) is 38.2 Å². The van der Waals surface area contributed by atoms with E-state index in [0.29, 0.717) is 5.88 Å². The number of methoxy groups -OCH3 is 1. The van der Waals surface area contributed by atoms with Gasteiger partial charge in [-0.05, 0) is 24.3 Å². The van der Waals surface area contributed by atoms with Crippen LogP contribution in [0.2, 0.25) is 0 Å². The Hall–Kier alpha value is -2.67. The molecule has 0 unspecified atom stereocenters. The number of ether oxygens (including phenoxy) is 1. The maximum Gasteiger partial charge on any atom is 0.222 e. The number of rotatable bonds is 3. The molecular formula is C16H18N6O. The monoisotopic (exact) mass is 310 g/mol. The highest BCUT2D eigenvalue weighted by Crippen LogP contribution is 2.28. The van der Waals surface area contributed by atoms with Crippen molar-refractivity contribution in [2.24, 2.45) is 0 Å². The predicted molar refractivity (Wildman–Crippen MR) is 87.9 cm³/mol. The maximum absolute atomic E-state index is 5.37. The van der Waals surface area contributed by atoms with Crippen molar-refractivity contribution in [3.8, 4) is 17.1 Å². The Bertz CT molecular complexity index is 824. The van der Waals surface area contributed by atoms with Crippen molar-refractivity contribution in [1.82, 2.24) is 24.9 Å². The lowest BCUT2D eigenvalue weighted by Gasteiger charge is -2.28. The van der Waals surface area contributed by atoms with Crippen LogP contribution in [-0.2, 0) is 0 Å². The second-order valence-corrected chi connectivity index (χ2v) is 5.40. The largest absolute Gasteiger partial charge is 0.481 e. The van der Waals surface area contributed by atoms with Crippen LogP contribution in [0.4, 0.5) is 5.82 Å². The fourth-order valence-corrected chi connectivity index (χ4v) is 2.86. The van der Waals surface area contributed by atoms with Crippen molar-refractivity contribution >= 4 is 11.5 Å². The molecule has 0 spiro atoms. The summed E-state index contributed by atoms with van der Waals surface area (Å²) < 4.78 is 7.22. The van der Waals surface area contributed by atoms with Gasteiger partial charge in [-0.15, -0.1) is 5.10 Å². The summed E-state index contributed by atoms with van der Waals surface area (Å²) in [4.78, 5) is 11.0. The standard InChI is InChI=1S/C16H18N6O/c1-23-16-12(3-2-6-18-16)13-11-19-14-4-5-15(20-22(13)14)21-9-7-17-8-10-21/h2-6,11,17H,7-10H2,1H3. The number of fused-ring (bicyclic) bond motifs is 1. The zero-order valence-electron chi connectivity index (χ0n) is 12.9. The van der Waals surface area contributed by atoms with Gasteiger partial charge >= 0.3 is 0 Å². The molecule has 4 heterocycles. The summed E-state index contributed by atoms with van der Waals surface area (Å²) in [5.41, 5.74) is 2.57. The van der Waals surface area contributed by atoms with Gasteiger partial charge in [0.05, 0.1) is 24.6 Å². The lowest BCUT2D eigenvalue weighted by molar-refractivity contribution is 0.399. The van der Waals surface area contributed by atoms with Crippen LogP contribution in [0.5, 0.6) is 5.88 Å². The molecule has 0 atom stereocenters. The smallest absolute Gasteiger partial charge is 0.222 e. The van der Waals surface area contributed by atoms with E-state index in [9.17, 15) is 0 Å². The van der Waals surface area contributed by atoms with Gasteiger partial charge in [-0.25, -0.2) is 14.5 Å². The summed E-state index contributed by atoms with van der Waals surface area (Å²) in [7, 11) is 1.62. The molecule has 7 heteroatoms. The summed E-state index contributed by atoms with van der Waals surface area (Å²) in [6, 6.07) is 7.88. The topological polar surface area (TPSA) is 67.6 Å². The summed E-state index contributed by atoms with van der Waals surface area (Å²) in [5, 5.41) is 8.14. The van der Waals surface area contributed by atoms with Crippen LogP contribution < -0.4 is 15.0 Å². The van der Waals surface area contributed by atoms with E-state index in [1.54, 1.807) is 13.3 Å². The Morgan fingerprint density at radius 1 is 1.13 bits per heavy atom. The second kappa shape index (κ2) is 5.85. The van der Waals surface area contributed by atoms with E-state index in [1.165, 1.54) is 0 Å². The SMILES string of the molecule is COc1ncccc1-c1cnc2ccc(N3CCNCC3)nn12. The first-order chi connectivity index (χ1) is 11.4. The minimum absolute atomic E-state index is 0.573. The molecule has 0 aromatic carbocycles. The van der Waals surface area contributed by atoms with E-state index in [4.69, 9.17) is 9.84 Å². The normalized spacial score (nSPS) is 15.1. The molecule has 1 fully saturated rings. The number of nitrogens with one attached hydrogen (secondary N) is 1. The average Bonchev–Trinajstić information content (AvgIpc) is 3.05. The quantitative estimate of drug-likeness (QED) is 0.784. The molecule has 1 aliphatic rings. The number of anilines is 1. The lowest BCUT2D eigenvalue weighted by Crippen LogP contribution is -2.44. The predicted octanol–water partition coefficient (Wildman–Crippen LogP) is 1.21. The van der Waals surface area contributed by atoms with E-state index in [0.717, 1.165) is 48.9 Å². The molecule has 1 saturated heterocycles. The molecule has 23 heavy (non-hydrogen) atoms. The fourth-order valence-electron chi connectivity index (χ4n) is 2.86. The Labute approximate surface area is 133 Å². The third-order valence-electron chi connectivity index (χ3n) is 4.03. The lowest BCUT2D eigenvalue weighted by atomic mass is 10.2. The Morgan fingerprint density at radius 3 is 2.83 bits per heavy atom. The fraction of sp³-hybridized carbons (Fsp3) is 0.312. The highest BCUT2D eigenvalue weighted by Gasteiger charge is 2.16. The summed E-state index contributed by atoms with van der Waals surface area (Å²) in [6.45, 7) is 3.87. The molecule has 118 valence electrons. The van der Waals surface area contributed by atoms with Crippen LogP contribution in [0.25, 0.3) is 16.9 Å². The van der Waals surface area contributed by atoms with Gasteiger partial charge < -0.3 is 15.0 Å². The number of aromatic nitrogens is 4. The number of hydrogen-bond acceptors (Lipinski definition) is 6. The van der Waals surface area contributed by atoms with Gasteiger partial charge in [-0.1, -0.05) is 0 Å². The summed E-state index contributed by atoms with van der Waals surface area (Å²) in [5.74, 6) is 1.53. The molecule has 0 aliphatic carbocycles. The molecule has 0 amide bonds. The number of piperazine rings is 1. The van der Waals surface area contributed by atoms with Crippen molar-refractivity contribution < 1.29 is 4.74 Å². The molecule has 4 rings (SSSR count). The van der Waals surface area contributed by atoms with Gasteiger partial charge in [0.25, 0.3) is 0 Å². The molecular weight excluding hydrogens is 292 g/mol. The minimum Gasteiger partial charge on any atom is -0.481 e. The highest BCUT2D eigenvalue weighted by molar-refractivity contribution is 5.68. The first kappa shape index (κ1) is 14.0. The summed E-state index contributed by atoms with van der Waals surface area (Å²) in [6.07, 6.45) is 3.52. The van der Waals surface area contributed by atoms with Gasteiger partial charge in [-0.2, -0.15) is 0 Å². The third kappa shape index (κ3) is 2.49. The molecule has 3 aromatic heterocycles. The molecule has 3 aromatic rings. The first-order valence-electron chi connectivity index (χ1n) is 7.66. The van der Waals surface area contributed by atoms with Gasteiger partial charge in [0.15, 0.2) is 5.65 Å². The van der Waals surface area contributed by atoms with Crippen molar-refractivity contribution in [3.63, 3.8) is 0 Å². The highest BCUT2D eigenvalue weighted by atomic mass is 16.5. The van der Waals surface area contributed by atoms with E-state index < -0.39 is 0 Å². The molecule has 1 aliphatic heterocycles. The van der Waals surface area contributed by atoms with Gasteiger partial charge in [0.1, 0.15) is 5.82 Å². The van der Waals surface area contributed by atoms with Crippen LogP contribution >= 0.6 is 0 Å². The zero-order chi connectivity index (χ0) is 15.6. The number of imidazole rings is 1. The zero-order valence-corrected chi connectivity index (χ0v) is 12.9. The van der Waals surface area contributed by atoms with Crippen LogP contribution in [-0.4, -0.2) is 52.9 Å². The van der Waals surface area contributed by atoms with Crippen molar-refractivity contribution in [1.29, 1.82) is 0 Å². The Balaban J connectivity index is 1.81.